The van der Waals surface area contributed by atoms with Crippen LogP contribution >= 0.6 is 11.6 Å². The van der Waals surface area contributed by atoms with Gasteiger partial charge in [-0.3, -0.25) is 0 Å². The smallest absolute Gasteiger partial charge is 0.339 e. The van der Waals surface area contributed by atoms with Gasteiger partial charge in [-0.2, -0.15) is 0 Å². The van der Waals surface area contributed by atoms with Gasteiger partial charge in [-0.25, -0.2) is 4.79 Å². The van der Waals surface area contributed by atoms with E-state index in [0.717, 1.165) is 12.0 Å². The standard InChI is InChI=1S/C20H16ClNO3/c1-25-20(24)14-11-17(16-9-5-6-10-18(16)21)19(13-23)22(12-14)15-7-3-2-4-8-15/h2-13,19H,1H3. The number of nitrogens with zero attached hydrogens (tertiary/aromatic N) is 1. The molecule has 0 aromatic heterocycles. The molecule has 1 aliphatic rings. The van der Waals surface area contributed by atoms with E-state index in [4.69, 9.17) is 16.3 Å². The third-order valence-electron chi connectivity index (χ3n) is 4.00. The van der Waals surface area contributed by atoms with Gasteiger partial charge in [-0.1, -0.05) is 48.0 Å². The number of halogens is 1. The molecule has 0 fully saturated rings. The maximum absolute atomic E-state index is 12.1. The van der Waals surface area contributed by atoms with Crippen molar-refractivity contribution in [3.8, 4) is 0 Å². The summed E-state index contributed by atoms with van der Waals surface area (Å²) in [6.07, 6.45) is 4.12. The van der Waals surface area contributed by atoms with Gasteiger partial charge in [0.25, 0.3) is 0 Å². The van der Waals surface area contributed by atoms with E-state index in [-0.39, 0.29) is 0 Å². The fourth-order valence-electron chi connectivity index (χ4n) is 2.81. The number of hydrogen-bond acceptors (Lipinski definition) is 4. The largest absolute Gasteiger partial charge is 0.465 e. The quantitative estimate of drug-likeness (QED) is 0.618. The highest BCUT2D eigenvalue weighted by Gasteiger charge is 2.29. The number of anilines is 1. The maximum Gasteiger partial charge on any atom is 0.339 e. The zero-order valence-corrected chi connectivity index (χ0v) is 14.3. The molecule has 1 heterocycles. The molecule has 0 amide bonds. The van der Waals surface area contributed by atoms with Crippen LogP contribution in [0, 0.1) is 0 Å². The van der Waals surface area contributed by atoms with Gasteiger partial charge in [0.1, 0.15) is 12.3 Å². The Morgan fingerprint density at radius 3 is 2.44 bits per heavy atom. The molecular weight excluding hydrogens is 338 g/mol. The lowest BCUT2D eigenvalue weighted by atomic mass is 9.92. The number of esters is 1. The number of rotatable bonds is 4. The number of benzene rings is 2. The van der Waals surface area contributed by atoms with Crippen LogP contribution in [0.4, 0.5) is 5.69 Å². The highest BCUT2D eigenvalue weighted by Crippen LogP contribution is 2.34. The number of ether oxygens (including phenoxy) is 1. The molecule has 0 saturated heterocycles. The van der Waals surface area contributed by atoms with Crippen molar-refractivity contribution in [2.75, 3.05) is 12.0 Å². The summed E-state index contributed by atoms with van der Waals surface area (Å²) >= 11 is 6.32. The topological polar surface area (TPSA) is 46.6 Å². The van der Waals surface area contributed by atoms with Crippen LogP contribution < -0.4 is 4.90 Å². The lowest BCUT2D eigenvalue weighted by Crippen LogP contribution is -2.36. The van der Waals surface area contributed by atoms with Gasteiger partial charge in [0.15, 0.2) is 0 Å². The second-order valence-electron chi connectivity index (χ2n) is 5.48. The minimum absolute atomic E-state index is 0.347. The van der Waals surface area contributed by atoms with Gasteiger partial charge < -0.3 is 14.4 Å². The number of hydrogen-bond donors (Lipinski definition) is 0. The van der Waals surface area contributed by atoms with Gasteiger partial charge in [0.2, 0.25) is 0 Å². The second-order valence-corrected chi connectivity index (χ2v) is 5.89. The van der Waals surface area contributed by atoms with E-state index in [1.807, 2.05) is 48.5 Å². The summed E-state index contributed by atoms with van der Waals surface area (Å²) in [5, 5.41) is 0.514. The van der Waals surface area contributed by atoms with Crippen LogP contribution in [0.5, 0.6) is 0 Å². The molecule has 1 unspecified atom stereocenters. The van der Waals surface area contributed by atoms with E-state index in [2.05, 4.69) is 0 Å². The molecule has 25 heavy (non-hydrogen) atoms. The van der Waals surface area contributed by atoms with Crippen LogP contribution in [0.1, 0.15) is 5.56 Å². The lowest BCUT2D eigenvalue weighted by molar-refractivity contribution is -0.135. The van der Waals surface area contributed by atoms with Crippen molar-refractivity contribution in [3.05, 3.63) is 83.0 Å². The zero-order valence-electron chi connectivity index (χ0n) is 13.6. The molecule has 0 radical (unpaired) electrons. The fraction of sp³-hybridized carbons (Fsp3) is 0.100. The van der Waals surface area contributed by atoms with E-state index in [0.29, 0.717) is 21.7 Å². The predicted octanol–water partition coefficient (Wildman–Crippen LogP) is 3.87. The zero-order chi connectivity index (χ0) is 17.8. The highest BCUT2D eigenvalue weighted by atomic mass is 35.5. The molecule has 3 rings (SSSR count). The molecule has 126 valence electrons. The molecule has 1 aliphatic heterocycles. The number of para-hydroxylation sites is 1. The molecule has 0 saturated carbocycles. The van der Waals surface area contributed by atoms with Crippen molar-refractivity contribution < 1.29 is 14.3 Å². The van der Waals surface area contributed by atoms with Crippen molar-refractivity contribution in [1.29, 1.82) is 0 Å². The molecule has 5 heteroatoms. The summed E-state index contributed by atoms with van der Waals surface area (Å²) in [4.78, 5) is 25.8. The van der Waals surface area contributed by atoms with Crippen LogP contribution in [0.2, 0.25) is 5.02 Å². The normalized spacial score (nSPS) is 16.7. The number of carbonyl (C=O) groups excluding carboxylic acids is 2. The Morgan fingerprint density at radius 1 is 1.12 bits per heavy atom. The molecule has 0 N–H and O–H groups in total. The van der Waals surface area contributed by atoms with E-state index >= 15 is 0 Å². The summed E-state index contributed by atoms with van der Waals surface area (Å²) in [5.74, 6) is -0.477. The van der Waals surface area contributed by atoms with Crippen molar-refractivity contribution in [2.24, 2.45) is 0 Å². The van der Waals surface area contributed by atoms with Crippen LogP contribution in [0.15, 0.2) is 72.4 Å². The molecule has 0 bridgehead atoms. The summed E-state index contributed by atoms with van der Waals surface area (Å²) in [5.41, 5.74) is 2.49. The predicted molar refractivity (Wildman–Crippen MR) is 98.3 cm³/mol. The van der Waals surface area contributed by atoms with Crippen molar-refractivity contribution in [3.63, 3.8) is 0 Å². The van der Waals surface area contributed by atoms with Gasteiger partial charge >= 0.3 is 5.97 Å². The first-order chi connectivity index (χ1) is 12.2. The monoisotopic (exact) mass is 353 g/mol. The average Bonchev–Trinajstić information content (AvgIpc) is 2.67. The van der Waals surface area contributed by atoms with Gasteiger partial charge in [-0.05, 0) is 35.4 Å². The minimum atomic E-state index is -0.601. The number of carbonyl (C=O) groups is 2. The van der Waals surface area contributed by atoms with E-state index in [1.165, 1.54) is 7.11 Å². The van der Waals surface area contributed by atoms with E-state index in [1.54, 1.807) is 23.2 Å². The first kappa shape index (κ1) is 17.0. The van der Waals surface area contributed by atoms with Crippen LogP contribution in [0.3, 0.4) is 0 Å². The van der Waals surface area contributed by atoms with E-state index < -0.39 is 12.0 Å². The molecule has 4 nitrogen and oxygen atoms in total. The Hall–Kier alpha value is -2.85. The Labute approximate surface area is 151 Å². The minimum Gasteiger partial charge on any atom is -0.465 e. The van der Waals surface area contributed by atoms with Gasteiger partial charge in [-0.15, -0.1) is 0 Å². The van der Waals surface area contributed by atoms with Crippen LogP contribution in [-0.2, 0) is 14.3 Å². The maximum atomic E-state index is 12.1. The summed E-state index contributed by atoms with van der Waals surface area (Å²) in [6.45, 7) is 0. The first-order valence-corrected chi connectivity index (χ1v) is 8.09. The third kappa shape index (κ3) is 3.35. The Bertz CT molecular complexity index is 858. The third-order valence-corrected chi connectivity index (χ3v) is 4.33. The van der Waals surface area contributed by atoms with Crippen LogP contribution in [-0.4, -0.2) is 25.4 Å². The molecule has 0 aliphatic carbocycles. The fourth-order valence-corrected chi connectivity index (χ4v) is 3.05. The lowest BCUT2D eigenvalue weighted by Gasteiger charge is -2.33. The Balaban J connectivity index is 2.17. The highest BCUT2D eigenvalue weighted by molar-refractivity contribution is 6.32. The molecular formula is C20H16ClNO3. The van der Waals surface area contributed by atoms with Gasteiger partial charge in [0.05, 0.1) is 12.7 Å². The molecule has 1 atom stereocenters. The van der Waals surface area contributed by atoms with Crippen molar-refractivity contribution in [1.82, 2.24) is 0 Å². The molecule has 0 spiro atoms. The first-order valence-electron chi connectivity index (χ1n) is 7.71. The second kappa shape index (κ2) is 7.36. The SMILES string of the molecule is COC(=O)C1=CN(c2ccccc2)C(C=O)C(c2ccccc2Cl)=C1. The summed E-state index contributed by atoms with van der Waals surface area (Å²) < 4.78 is 4.86. The summed E-state index contributed by atoms with van der Waals surface area (Å²) in [6, 6.07) is 16.0. The average molecular weight is 354 g/mol. The summed E-state index contributed by atoms with van der Waals surface area (Å²) in [7, 11) is 1.32. The molecule has 2 aromatic carbocycles. The Kier molecular flexibility index (Phi) is 5.00. The van der Waals surface area contributed by atoms with Crippen molar-refractivity contribution >= 4 is 35.1 Å². The Morgan fingerprint density at radius 2 is 1.80 bits per heavy atom. The van der Waals surface area contributed by atoms with Crippen LogP contribution in [0.25, 0.3) is 5.57 Å². The number of aldehydes is 1. The van der Waals surface area contributed by atoms with Crippen molar-refractivity contribution in [2.45, 2.75) is 6.04 Å². The van der Waals surface area contributed by atoms with Gasteiger partial charge in [0, 0.05) is 16.9 Å². The number of methoxy groups -OCH3 is 1. The van der Waals surface area contributed by atoms with E-state index in [9.17, 15) is 9.59 Å². The molecule has 2 aromatic rings.